The van der Waals surface area contributed by atoms with E-state index < -0.39 is 5.60 Å². The van der Waals surface area contributed by atoms with Crippen LogP contribution in [0.25, 0.3) is 11.2 Å². The third kappa shape index (κ3) is 4.63. The molecule has 0 fully saturated rings. The summed E-state index contributed by atoms with van der Waals surface area (Å²) in [6.07, 6.45) is 2.25. The average Bonchev–Trinajstić information content (AvgIpc) is 2.95. The summed E-state index contributed by atoms with van der Waals surface area (Å²) in [7, 11) is 1.88. The number of aromatic nitrogens is 4. The van der Waals surface area contributed by atoms with Crippen molar-refractivity contribution in [1.29, 1.82) is 0 Å². The van der Waals surface area contributed by atoms with Crippen LogP contribution in [0.5, 0.6) is 0 Å². The van der Waals surface area contributed by atoms with Crippen LogP contribution in [0.4, 0.5) is 17.5 Å². The summed E-state index contributed by atoms with van der Waals surface area (Å²) in [5.41, 5.74) is 8.06. The number of aryl methyl sites for hydroxylation is 1. The first-order valence-corrected chi connectivity index (χ1v) is 9.46. The molecular formula is C19H26ClN7O. The number of nitrogens with one attached hydrogen (secondary N) is 2. The molecule has 0 bridgehead atoms. The van der Waals surface area contributed by atoms with Crippen molar-refractivity contribution in [1.82, 2.24) is 19.5 Å². The maximum absolute atomic E-state index is 10.0. The number of nitrogens with zero attached hydrogens (tertiary/aromatic N) is 4. The van der Waals surface area contributed by atoms with Gasteiger partial charge in [0.1, 0.15) is 0 Å². The molecule has 0 saturated carbocycles. The van der Waals surface area contributed by atoms with Crippen LogP contribution in [0.3, 0.4) is 0 Å². The van der Waals surface area contributed by atoms with Gasteiger partial charge in [-0.3, -0.25) is 0 Å². The smallest absolute Gasteiger partial charge is 0.226 e. The topological polar surface area (TPSA) is 114 Å². The molecule has 0 aliphatic rings. The molecule has 9 heteroatoms. The predicted molar refractivity (Wildman–Crippen MR) is 113 cm³/mol. The second kappa shape index (κ2) is 7.81. The molecule has 0 radical (unpaired) electrons. The zero-order chi connectivity index (χ0) is 20.5. The van der Waals surface area contributed by atoms with Crippen LogP contribution in [0.1, 0.15) is 32.8 Å². The normalized spacial score (nSPS) is 12.9. The molecule has 0 saturated heterocycles. The number of nitrogen functional groups attached to an aromatic ring is 1. The first kappa shape index (κ1) is 20.2. The molecule has 1 atom stereocenters. The number of nitrogens with two attached hydrogens (primary N) is 1. The van der Waals surface area contributed by atoms with E-state index in [2.05, 4.69) is 25.6 Å². The van der Waals surface area contributed by atoms with Crippen LogP contribution in [0, 0.1) is 0 Å². The van der Waals surface area contributed by atoms with E-state index in [1.54, 1.807) is 26.2 Å². The highest BCUT2D eigenvalue weighted by molar-refractivity contribution is 6.33. The van der Waals surface area contributed by atoms with Crippen molar-refractivity contribution in [2.75, 3.05) is 16.4 Å². The Bertz CT molecular complexity index is 980. The number of anilines is 3. The number of imidazole rings is 1. The summed E-state index contributed by atoms with van der Waals surface area (Å²) in [5.74, 6) is 1.07. The van der Waals surface area contributed by atoms with Gasteiger partial charge in [-0.2, -0.15) is 9.97 Å². The highest BCUT2D eigenvalue weighted by atomic mass is 35.5. The van der Waals surface area contributed by atoms with Crippen LogP contribution < -0.4 is 16.4 Å². The Morgan fingerprint density at radius 1 is 1.32 bits per heavy atom. The molecule has 1 unspecified atom stereocenters. The van der Waals surface area contributed by atoms with Crippen molar-refractivity contribution >= 4 is 40.2 Å². The summed E-state index contributed by atoms with van der Waals surface area (Å²) in [6, 6.07) is 5.52. The van der Waals surface area contributed by atoms with Crippen molar-refractivity contribution in [2.24, 2.45) is 7.05 Å². The quantitative estimate of drug-likeness (QED) is 0.448. The molecule has 0 aliphatic carbocycles. The maximum atomic E-state index is 10.0. The molecule has 0 spiro atoms. The number of aliphatic hydroxyl groups is 1. The Morgan fingerprint density at radius 2 is 2.07 bits per heavy atom. The standard InChI is InChI=1S/C19H26ClN7O/c1-11(8-19(2,3)28)24-18-25-16(15-17(26-18)27(4)10-23-15)22-9-12-6-5-7-13(20)14(12)21/h5-7,10-11,28H,8-9,21H2,1-4H3,(H2,22,24,25,26). The van der Waals surface area contributed by atoms with Crippen LogP contribution in [0.15, 0.2) is 24.5 Å². The van der Waals surface area contributed by atoms with E-state index >= 15 is 0 Å². The van der Waals surface area contributed by atoms with Gasteiger partial charge >= 0.3 is 0 Å². The van der Waals surface area contributed by atoms with Gasteiger partial charge in [0.2, 0.25) is 5.95 Å². The molecule has 3 aromatic rings. The van der Waals surface area contributed by atoms with Crippen molar-refractivity contribution in [2.45, 2.75) is 45.4 Å². The van der Waals surface area contributed by atoms with Crippen LogP contribution in [0.2, 0.25) is 5.02 Å². The summed E-state index contributed by atoms with van der Waals surface area (Å²) in [4.78, 5) is 13.6. The number of halogens is 1. The Hall–Kier alpha value is -2.58. The van der Waals surface area contributed by atoms with E-state index in [1.165, 1.54) is 0 Å². The highest BCUT2D eigenvalue weighted by Gasteiger charge is 2.19. The van der Waals surface area contributed by atoms with Crippen molar-refractivity contribution in [3.8, 4) is 0 Å². The lowest BCUT2D eigenvalue weighted by atomic mass is 10.0. The molecule has 5 N–H and O–H groups in total. The van der Waals surface area contributed by atoms with E-state index in [9.17, 15) is 5.11 Å². The first-order valence-electron chi connectivity index (χ1n) is 9.09. The van der Waals surface area contributed by atoms with Crippen LogP contribution >= 0.6 is 11.6 Å². The third-order valence-electron chi connectivity index (χ3n) is 4.33. The minimum Gasteiger partial charge on any atom is -0.397 e. The molecule has 150 valence electrons. The van der Waals surface area contributed by atoms with E-state index in [1.807, 2.05) is 30.7 Å². The highest BCUT2D eigenvalue weighted by Crippen LogP contribution is 2.25. The molecule has 8 nitrogen and oxygen atoms in total. The fourth-order valence-electron chi connectivity index (χ4n) is 3.13. The molecule has 28 heavy (non-hydrogen) atoms. The second-order valence-corrected chi connectivity index (χ2v) is 8.06. The lowest BCUT2D eigenvalue weighted by Gasteiger charge is -2.23. The number of rotatable bonds is 7. The summed E-state index contributed by atoms with van der Waals surface area (Å²) < 4.78 is 1.84. The number of para-hydroxylation sites is 1. The average molecular weight is 404 g/mol. The van der Waals surface area contributed by atoms with E-state index in [0.29, 0.717) is 46.6 Å². The minimum absolute atomic E-state index is 0.0119. The van der Waals surface area contributed by atoms with E-state index in [-0.39, 0.29) is 6.04 Å². The predicted octanol–water partition coefficient (Wildman–Crippen LogP) is 3.17. The van der Waals surface area contributed by atoms with E-state index in [4.69, 9.17) is 17.3 Å². The number of hydrogen-bond acceptors (Lipinski definition) is 7. The number of benzene rings is 1. The summed E-state index contributed by atoms with van der Waals surface area (Å²) >= 11 is 6.10. The van der Waals surface area contributed by atoms with Crippen molar-refractivity contribution < 1.29 is 5.11 Å². The number of hydrogen-bond donors (Lipinski definition) is 4. The lowest BCUT2D eigenvalue weighted by Crippen LogP contribution is -2.29. The van der Waals surface area contributed by atoms with Gasteiger partial charge in [-0.05, 0) is 38.8 Å². The second-order valence-electron chi connectivity index (χ2n) is 7.65. The monoisotopic (exact) mass is 403 g/mol. The first-order chi connectivity index (χ1) is 13.1. The van der Waals surface area contributed by atoms with Gasteiger partial charge in [-0.25, -0.2) is 4.98 Å². The van der Waals surface area contributed by atoms with Gasteiger partial charge in [-0.15, -0.1) is 0 Å². The molecule has 0 amide bonds. The fourth-order valence-corrected chi connectivity index (χ4v) is 3.32. The SMILES string of the molecule is CC(CC(C)(C)O)Nc1nc(NCc2cccc(Cl)c2N)c2ncn(C)c2n1. The molecule has 0 aliphatic heterocycles. The Labute approximate surface area is 169 Å². The molecular weight excluding hydrogens is 378 g/mol. The van der Waals surface area contributed by atoms with Gasteiger partial charge in [0, 0.05) is 19.6 Å². The van der Waals surface area contributed by atoms with Crippen LogP contribution in [-0.2, 0) is 13.6 Å². The van der Waals surface area contributed by atoms with Crippen molar-refractivity contribution in [3.63, 3.8) is 0 Å². The minimum atomic E-state index is -0.784. The largest absolute Gasteiger partial charge is 0.397 e. The molecule has 2 aromatic heterocycles. The lowest BCUT2D eigenvalue weighted by molar-refractivity contribution is 0.0672. The molecule has 3 rings (SSSR count). The Morgan fingerprint density at radius 3 is 2.79 bits per heavy atom. The van der Waals surface area contributed by atoms with Gasteiger partial charge in [0.05, 0.1) is 22.6 Å². The van der Waals surface area contributed by atoms with Crippen LogP contribution in [-0.4, -0.2) is 36.3 Å². The zero-order valence-corrected chi connectivity index (χ0v) is 17.2. The van der Waals surface area contributed by atoms with Crippen molar-refractivity contribution in [3.05, 3.63) is 35.1 Å². The zero-order valence-electron chi connectivity index (χ0n) is 16.5. The number of fused-ring (bicyclic) bond motifs is 1. The van der Waals surface area contributed by atoms with Gasteiger partial charge in [0.25, 0.3) is 0 Å². The van der Waals surface area contributed by atoms with Gasteiger partial charge in [0.15, 0.2) is 17.0 Å². The maximum Gasteiger partial charge on any atom is 0.226 e. The van der Waals surface area contributed by atoms with Gasteiger partial charge in [-0.1, -0.05) is 23.7 Å². The Balaban J connectivity index is 1.87. The fraction of sp³-hybridized carbons (Fsp3) is 0.421. The van der Waals surface area contributed by atoms with Gasteiger partial charge < -0.3 is 26.0 Å². The third-order valence-corrected chi connectivity index (χ3v) is 4.66. The molecule has 1 aromatic carbocycles. The summed E-state index contributed by atoms with van der Waals surface area (Å²) in [6.45, 7) is 5.99. The summed E-state index contributed by atoms with van der Waals surface area (Å²) in [5, 5.41) is 17.1. The van der Waals surface area contributed by atoms with E-state index in [0.717, 1.165) is 5.56 Å². The molecule has 2 heterocycles. The Kier molecular flexibility index (Phi) is 5.62.